The molecule has 4 aromatic rings. The molecule has 0 aliphatic heterocycles. The number of esters is 1. The number of nitrogens with one attached hydrogen (secondary N) is 1. The summed E-state index contributed by atoms with van der Waals surface area (Å²) >= 11 is 4.03. The predicted molar refractivity (Wildman–Crippen MR) is 144 cm³/mol. The molecule has 2 aromatic heterocycles. The SMILES string of the molecule is C=CCOC(=O)c1sc(NC(=O)CSc2nnc(CSc3ccccc3)n2-c2ccccc2)nc1C. The number of carbonyl (C=O) groups is 2. The number of thioether (sulfide) groups is 2. The second-order valence-electron chi connectivity index (χ2n) is 7.33. The summed E-state index contributed by atoms with van der Waals surface area (Å²) in [6, 6.07) is 19.9. The number of anilines is 1. The molecule has 0 aliphatic carbocycles. The van der Waals surface area contributed by atoms with Crippen LogP contribution in [0.5, 0.6) is 0 Å². The van der Waals surface area contributed by atoms with Crippen LogP contribution >= 0.6 is 34.9 Å². The number of aryl methyl sites for hydroxylation is 1. The van der Waals surface area contributed by atoms with Crippen LogP contribution in [-0.2, 0) is 15.3 Å². The van der Waals surface area contributed by atoms with E-state index in [4.69, 9.17) is 4.74 Å². The molecule has 0 bridgehead atoms. The monoisotopic (exact) mass is 537 g/mol. The molecule has 4 rings (SSSR count). The average Bonchev–Trinajstić information content (AvgIpc) is 3.48. The van der Waals surface area contributed by atoms with E-state index in [0.717, 1.165) is 27.7 Å². The Kier molecular flexibility index (Phi) is 8.93. The summed E-state index contributed by atoms with van der Waals surface area (Å²) in [6.07, 6.45) is 1.49. The Labute approximate surface area is 221 Å². The minimum absolute atomic E-state index is 0.103. The number of para-hydroxylation sites is 1. The molecule has 8 nitrogen and oxygen atoms in total. The number of hydrogen-bond acceptors (Lipinski definition) is 9. The van der Waals surface area contributed by atoms with Crippen molar-refractivity contribution in [2.24, 2.45) is 0 Å². The highest BCUT2D eigenvalue weighted by molar-refractivity contribution is 7.99. The number of carbonyl (C=O) groups excluding carboxylic acids is 2. The van der Waals surface area contributed by atoms with Gasteiger partial charge in [-0.05, 0) is 31.2 Å². The van der Waals surface area contributed by atoms with Gasteiger partial charge in [0.2, 0.25) is 5.91 Å². The Morgan fingerprint density at radius 1 is 1.08 bits per heavy atom. The van der Waals surface area contributed by atoms with Crippen LogP contribution in [0.2, 0.25) is 0 Å². The smallest absolute Gasteiger partial charge is 0.350 e. The molecule has 0 spiro atoms. The molecule has 0 atom stereocenters. The molecule has 2 aromatic carbocycles. The van der Waals surface area contributed by atoms with Crippen molar-refractivity contribution in [3.05, 3.63) is 89.7 Å². The van der Waals surface area contributed by atoms with E-state index in [1.807, 2.05) is 53.1 Å². The van der Waals surface area contributed by atoms with Gasteiger partial charge in [-0.2, -0.15) is 0 Å². The van der Waals surface area contributed by atoms with Gasteiger partial charge >= 0.3 is 5.97 Å². The zero-order chi connectivity index (χ0) is 25.3. The third-order valence-electron chi connectivity index (χ3n) is 4.72. The Morgan fingerprint density at radius 2 is 1.81 bits per heavy atom. The van der Waals surface area contributed by atoms with Crippen molar-refractivity contribution < 1.29 is 14.3 Å². The quantitative estimate of drug-likeness (QED) is 0.154. The number of amides is 1. The van der Waals surface area contributed by atoms with Crippen LogP contribution in [0.25, 0.3) is 5.69 Å². The lowest BCUT2D eigenvalue weighted by molar-refractivity contribution is -0.113. The highest BCUT2D eigenvalue weighted by atomic mass is 32.2. The van der Waals surface area contributed by atoms with Crippen LogP contribution in [0.3, 0.4) is 0 Å². The zero-order valence-electron chi connectivity index (χ0n) is 19.4. The highest BCUT2D eigenvalue weighted by Gasteiger charge is 2.19. The second kappa shape index (κ2) is 12.5. The summed E-state index contributed by atoms with van der Waals surface area (Å²) in [5, 5.41) is 12.5. The van der Waals surface area contributed by atoms with E-state index in [-0.39, 0.29) is 18.3 Å². The maximum absolute atomic E-state index is 12.7. The van der Waals surface area contributed by atoms with Gasteiger partial charge in [-0.1, -0.05) is 72.2 Å². The Balaban J connectivity index is 1.44. The summed E-state index contributed by atoms with van der Waals surface area (Å²) in [4.78, 5) is 30.5. The van der Waals surface area contributed by atoms with Gasteiger partial charge in [0.25, 0.3) is 0 Å². The van der Waals surface area contributed by atoms with Crippen LogP contribution in [0, 0.1) is 6.92 Å². The molecule has 0 fully saturated rings. The van der Waals surface area contributed by atoms with Crippen molar-refractivity contribution in [1.82, 2.24) is 19.7 Å². The minimum atomic E-state index is -0.489. The first-order valence-electron chi connectivity index (χ1n) is 10.9. The van der Waals surface area contributed by atoms with E-state index in [1.165, 1.54) is 17.8 Å². The third-order valence-corrected chi connectivity index (χ3v) is 7.71. The molecule has 11 heteroatoms. The summed E-state index contributed by atoms with van der Waals surface area (Å²) < 4.78 is 7.03. The topological polar surface area (TPSA) is 99.0 Å². The lowest BCUT2D eigenvalue weighted by Gasteiger charge is -2.10. The van der Waals surface area contributed by atoms with E-state index in [0.29, 0.717) is 26.6 Å². The van der Waals surface area contributed by atoms with Gasteiger partial charge in [0, 0.05) is 10.6 Å². The maximum atomic E-state index is 12.7. The third kappa shape index (κ3) is 6.62. The molecule has 0 saturated heterocycles. The van der Waals surface area contributed by atoms with Gasteiger partial charge in [-0.15, -0.1) is 22.0 Å². The lowest BCUT2D eigenvalue weighted by atomic mass is 10.3. The first kappa shape index (κ1) is 25.7. The van der Waals surface area contributed by atoms with Gasteiger partial charge in [0.15, 0.2) is 10.3 Å². The molecular formula is C25H23N5O3S3. The number of hydrogen-bond donors (Lipinski definition) is 1. The van der Waals surface area contributed by atoms with Crippen molar-refractivity contribution in [2.45, 2.75) is 22.7 Å². The molecule has 36 heavy (non-hydrogen) atoms. The molecular weight excluding hydrogens is 515 g/mol. The fourth-order valence-corrected chi connectivity index (χ4v) is 5.59. The first-order chi connectivity index (χ1) is 17.5. The number of ether oxygens (including phenoxy) is 1. The Bertz CT molecular complexity index is 1340. The van der Waals surface area contributed by atoms with Crippen LogP contribution in [0.15, 0.2) is 83.4 Å². The molecule has 0 unspecified atom stereocenters. The van der Waals surface area contributed by atoms with Crippen LogP contribution in [-0.4, -0.2) is 44.0 Å². The predicted octanol–water partition coefficient (Wildman–Crippen LogP) is 5.40. The molecule has 0 radical (unpaired) electrons. The molecule has 0 aliphatic rings. The highest BCUT2D eigenvalue weighted by Crippen LogP contribution is 2.28. The minimum Gasteiger partial charge on any atom is -0.457 e. The zero-order valence-corrected chi connectivity index (χ0v) is 21.9. The van der Waals surface area contributed by atoms with Gasteiger partial charge in [-0.3, -0.25) is 9.36 Å². The van der Waals surface area contributed by atoms with Gasteiger partial charge < -0.3 is 10.1 Å². The molecule has 0 saturated carbocycles. The Morgan fingerprint density at radius 3 is 2.53 bits per heavy atom. The number of benzene rings is 2. The molecule has 184 valence electrons. The second-order valence-corrected chi connectivity index (χ2v) is 10.3. The lowest BCUT2D eigenvalue weighted by Crippen LogP contribution is -2.14. The van der Waals surface area contributed by atoms with Gasteiger partial charge in [0.05, 0.1) is 17.2 Å². The van der Waals surface area contributed by atoms with Crippen LogP contribution in [0.4, 0.5) is 5.13 Å². The van der Waals surface area contributed by atoms with Crippen molar-refractivity contribution in [2.75, 3.05) is 17.7 Å². The standard InChI is InChI=1S/C25H23N5O3S3/c1-3-14-33-23(32)22-17(2)26-24(36-22)27-21(31)16-35-25-29-28-20(15-34-19-12-8-5-9-13-19)30(25)18-10-6-4-7-11-18/h3-13H,1,14-16H2,2H3,(H,26,27,31). The number of thiazole rings is 1. The summed E-state index contributed by atoms with van der Waals surface area (Å²) in [6.45, 7) is 5.34. The normalized spacial score (nSPS) is 10.7. The van der Waals surface area contributed by atoms with Crippen molar-refractivity contribution >= 4 is 51.9 Å². The maximum Gasteiger partial charge on any atom is 0.350 e. The van der Waals surface area contributed by atoms with Crippen molar-refractivity contribution in [3.8, 4) is 5.69 Å². The van der Waals surface area contributed by atoms with Crippen LogP contribution in [0.1, 0.15) is 21.2 Å². The fourth-order valence-electron chi connectivity index (χ4n) is 3.11. The molecule has 2 heterocycles. The van der Waals surface area contributed by atoms with E-state index < -0.39 is 5.97 Å². The van der Waals surface area contributed by atoms with E-state index >= 15 is 0 Å². The van der Waals surface area contributed by atoms with Gasteiger partial charge in [-0.25, -0.2) is 9.78 Å². The summed E-state index contributed by atoms with van der Waals surface area (Å²) in [5.74, 6) is 0.767. The Hall–Kier alpha value is -3.41. The van der Waals surface area contributed by atoms with Crippen molar-refractivity contribution in [1.29, 1.82) is 0 Å². The molecule has 1 amide bonds. The fraction of sp³-hybridized carbons (Fsp3) is 0.160. The van der Waals surface area contributed by atoms with Crippen molar-refractivity contribution in [3.63, 3.8) is 0 Å². The van der Waals surface area contributed by atoms with E-state index in [1.54, 1.807) is 18.7 Å². The number of rotatable bonds is 11. The first-order valence-corrected chi connectivity index (χ1v) is 13.7. The summed E-state index contributed by atoms with van der Waals surface area (Å²) in [7, 11) is 0. The molecule has 1 N–H and O–H groups in total. The summed E-state index contributed by atoms with van der Waals surface area (Å²) in [5.41, 5.74) is 1.42. The number of aromatic nitrogens is 4. The number of nitrogens with zero attached hydrogens (tertiary/aromatic N) is 4. The largest absolute Gasteiger partial charge is 0.457 e. The van der Waals surface area contributed by atoms with Gasteiger partial charge in [0.1, 0.15) is 17.3 Å². The van der Waals surface area contributed by atoms with E-state index in [2.05, 4.69) is 39.2 Å². The van der Waals surface area contributed by atoms with E-state index in [9.17, 15) is 9.59 Å². The average molecular weight is 538 g/mol. The van der Waals surface area contributed by atoms with Crippen LogP contribution < -0.4 is 5.32 Å².